The molecule has 3 unspecified atom stereocenters. The van der Waals surface area contributed by atoms with Crippen LogP contribution in [0.25, 0.3) is 11.1 Å². The van der Waals surface area contributed by atoms with Crippen molar-refractivity contribution in [2.45, 2.75) is 83.4 Å². The molecule has 1 saturated carbocycles. The van der Waals surface area contributed by atoms with Gasteiger partial charge in [-0.1, -0.05) is 36.4 Å². The molecule has 0 aromatic heterocycles. The molecule has 36 heavy (non-hydrogen) atoms. The second-order valence-corrected chi connectivity index (χ2v) is 11.1. The van der Waals surface area contributed by atoms with Gasteiger partial charge >= 0.3 is 6.09 Å². The topological polar surface area (TPSA) is 91.7 Å². The van der Waals surface area contributed by atoms with E-state index in [4.69, 9.17) is 9.47 Å². The first-order chi connectivity index (χ1) is 17.2. The lowest BCUT2D eigenvalue weighted by Gasteiger charge is -2.35. The van der Waals surface area contributed by atoms with E-state index in [2.05, 4.69) is 29.6 Å². The molecule has 2 aliphatic heterocycles. The van der Waals surface area contributed by atoms with Gasteiger partial charge in [0.05, 0.1) is 19.3 Å². The number of hydrogen-bond acceptors (Lipinski definition) is 5. The predicted octanol–water partition coefficient (Wildman–Crippen LogP) is 4.72. The average molecular weight is 488 g/mol. The molecular formula is C29H33N3O4. The molecule has 1 saturated heterocycles. The van der Waals surface area contributed by atoms with Crippen molar-refractivity contribution in [3.8, 4) is 17.2 Å². The number of nitrogens with zero attached hydrogens (tertiary/aromatic N) is 2. The minimum atomic E-state index is -0.680. The van der Waals surface area contributed by atoms with Crippen molar-refractivity contribution in [3.63, 3.8) is 0 Å². The fourth-order valence-corrected chi connectivity index (χ4v) is 5.71. The summed E-state index contributed by atoms with van der Waals surface area (Å²) in [5.74, 6) is -0.157. The van der Waals surface area contributed by atoms with Crippen molar-refractivity contribution in [1.29, 1.82) is 5.26 Å². The third kappa shape index (κ3) is 4.96. The molecule has 0 radical (unpaired) electrons. The standard InChI is InChI=1S/C29H33N3O4/c1-29(2,3)36-28(34)32-25-11-10-21(14-25)26(32)27(33)31-24(15-30)12-18-4-6-19(7-5-18)20-8-9-22-16-35-17-23(22)13-20/h4-9,13,21,24-26H,10-12,14,16-17H2,1-3H3,(H,31,33)/t21?,24-,25?,26?/m0/s1. The van der Waals surface area contributed by atoms with E-state index in [0.29, 0.717) is 19.6 Å². The zero-order valence-electron chi connectivity index (χ0n) is 21.1. The lowest BCUT2D eigenvalue weighted by Crippen LogP contribution is -2.55. The van der Waals surface area contributed by atoms with E-state index in [9.17, 15) is 14.9 Å². The summed E-state index contributed by atoms with van der Waals surface area (Å²) >= 11 is 0. The highest BCUT2D eigenvalue weighted by Crippen LogP contribution is 2.43. The molecule has 0 spiro atoms. The first kappa shape index (κ1) is 24.3. The molecule has 4 atom stereocenters. The first-order valence-corrected chi connectivity index (χ1v) is 12.7. The zero-order chi connectivity index (χ0) is 25.4. The Labute approximate surface area is 212 Å². The molecule has 7 nitrogen and oxygen atoms in total. The third-order valence-electron chi connectivity index (χ3n) is 7.38. The molecule has 2 aromatic carbocycles. The van der Waals surface area contributed by atoms with E-state index in [1.54, 1.807) is 4.90 Å². The highest BCUT2D eigenvalue weighted by Gasteiger charge is 2.52. The molecule has 2 amide bonds. The van der Waals surface area contributed by atoms with Crippen LogP contribution in [0.2, 0.25) is 0 Å². The molecule has 2 fully saturated rings. The van der Waals surface area contributed by atoms with Crippen molar-refractivity contribution in [2.75, 3.05) is 0 Å². The minimum absolute atomic E-state index is 0.0273. The Kier molecular flexibility index (Phi) is 6.48. The lowest BCUT2D eigenvalue weighted by molar-refractivity contribution is -0.128. The quantitative estimate of drug-likeness (QED) is 0.659. The van der Waals surface area contributed by atoms with E-state index in [-0.39, 0.29) is 17.9 Å². The van der Waals surface area contributed by atoms with Gasteiger partial charge in [0.25, 0.3) is 0 Å². The molecule has 5 rings (SSSR count). The summed E-state index contributed by atoms with van der Waals surface area (Å²) in [4.78, 5) is 27.8. The normalized spacial score (nSPS) is 23.2. The van der Waals surface area contributed by atoms with Gasteiger partial charge in [0, 0.05) is 12.5 Å². The number of carbonyl (C=O) groups is 2. The van der Waals surface area contributed by atoms with Crippen LogP contribution in [-0.2, 0) is 33.9 Å². The number of amides is 2. The fraction of sp³-hybridized carbons (Fsp3) is 0.483. The Balaban J connectivity index is 1.24. The molecule has 3 aliphatic rings. The molecule has 2 heterocycles. The van der Waals surface area contributed by atoms with Crippen LogP contribution >= 0.6 is 0 Å². The van der Waals surface area contributed by atoms with Crippen LogP contribution in [0.1, 0.15) is 56.7 Å². The van der Waals surface area contributed by atoms with Crippen LogP contribution in [0.15, 0.2) is 42.5 Å². The van der Waals surface area contributed by atoms with Crippen molar-refractivity contribution < 1.29 is 19.1 Å². The maximum Gasteiger partial charge on any atom is 0.411 e. The van der Waals surface area contributed by atoms with Crippen molar-refractivity contribution in [3.05, 3.63) is 59.2 Å². The van der Waals surface area contributed by atoms with Gasteiger partial charge in [0.15, 0.2) is 0 Å². The summed E-state index contributed by atoms with van der Waals surface area (Å²) in [6.07, 6.45) is 2.56. The molecule has 7 heteroatoms. The highest BCUT2D eigenvalue weighted by molar-refractivity contribution is 5.87. The van der Waals surface area contributed by atoms with E-state index >= 15 is 0 Å². The summed E-state index contributed by atoms with van der Waals surface area (Å²) in [7, 11) is 0. The number of piperidine rings is 1. The van der Waals surface area contributed by atoms with Gasteiger partial charge in [-0.2, -0.15) is 5.26 Å². The van der Waals surface area contributed by atoms with E-state index in [0.717, 1.165) is 36.0 Å². The number of hydrogen-bond donors (Lipinski definition) is 1. The Hall–Kier alpha value is -3.37. The van der Waals surface area contributed by atoms with Gasteiger partial charge in [-0.05, 0) is 79.8 Å². The predicted molar refractivity (Wildman–Crippen MR) is 135 cm³/mol. The maximum absolute atomic E-state index is 13.3. The van der Waals surface area contributed by atoms with E-state index < -0.39 is 23.8 Å². The Bertz CT molecular complexity index is 1190. The van der Waals surface area contributed by atoms with Gasteiger partial charge < -0.3 is 14.8 Å². The number of rotatable bonds is 5. The SMILES string of the molecule is CC(C)(C)OC(=O)N1C2CCC(C2)C1C(=O)N[C@H](C#N)Cc1ccc(-c2ccc3c(c2)COC3)cc1. The smallest absolute Gasteiger partial charge is 0.411 e. The average Bonchev–Trinajstić information content (AvgIpc) is 3.58. The summed E-state index contributed by atoms with van der Waals surface area (Å²) in [5, 5.41) is 12.7. The largest absolute Gasteiger partial charge is 0.444 e. The monoisotopic (exact) mass is 487 g/mol. The van der Waals surface area contributed by atoms with Crippen LogP contribution in [-0.4, -0.2) is 40.6 Å². The van der Waals surface area contributed by atoms with Gasteiger partial charge in [0.2, 0.25) is 5.91 Å². The van der Waals surface area contributed by atoms with Gasteiger partial charge in [-0.15, -0.1) is 0 Å². The zero-order valence-corrected chi connectivity index (χ0v) is 21.1. The molecule has 2 bridgehead atoms. The summed E-state index contributed by atoms with van der Waals surface area (Å²) in [5.41, 5.74) is 5.03. The maximum atomic E-state index is 13.3. The second-order valence-electron chi connectivity index (χ2n) is 11.1. The number of ether oxygens (including phenoxy) is 2. The van der Waals surface area contributed by atoms with Crippen molar-refractivity contribution >= 4 is 12.0 Å². The lowest BCUT2D eigenvalue weighted by atomic mass is 9.96. The number of likely N-dealkylation sites (tertiary alicyclic amines) is 1. The molecular weight excluding hydrogens is 454 g/mol. The number of nitriles is 1. The number of fused-ring (bicyclic) bond motifs is 3. The van der Waals surface area contributed by atoms with E-state index in [1.807, 2.05) is 45.0 Å². The Morgan fingerprint density at radius 3 is 2.56 bits per heavy atom. The van der Waals surface area contributed by atoms with Crippen molar-refractivity contribution in [2.24, 2.45) is 5.92 Å². The van der Waals surface area contributed by atoms with Gasteiger partial charge in [-0.25, -0.2) is 4.79 Å². The van der Waals surface area contributed by atoms with Crippen LogP contribution in [0.3, 0.4) is 0 Å². The van der Waals surface area contributed by atoms with Crippen molar-refractivity contribution in [1.82, 2.24) is 10.2 Å². The first-order valence-electron chi connectivity index (χ1n) is 12.7. The summed E-state index contributed by atoms with van der Waals surface area (Å²) in [6, 6.07) is 15.5. The fourth-order valence-electron chi connectivity index (χ4n) is 5.71. The van der Waals surface area contributed by atoms with Gasteiger partial charge in [-0.3, -0.25) is 9.69 Å². The highest BCUT2D eigenvalue weighted by atomic mass is 16.6. The number of nitrogens with one attached hydrogen (secondary N) is 1. The number of carbonyl (C=O) groups excluding carboxylic acids is 2. The second kappa shape index (κ2) is 9.59. The molecule has 1 aliphatic carbocycles. The van der Waals surface area contributed by atoms with Crippen LogP contribution in [0.5, 0.6) is 0 Å². The van der Waals surface area contributed by atoms with Crippen LogP contribution < -0.4 is 5.32 Å². The Morgan fingerprint density at radius 1 is 1.11 bits per heavy atom. The minimum Gasteiger partial charge on any atom is -0.444 e. The third-order valence-corrected chi connectivity index (χ3v) is 7.38. The molecule has 188 valence electrons. The van der Waals surface area contributed by atoms with Crippen LogP contribution in [0.4, 0.5) is 4.79 Å². The molecule has 1 N–H and O–H groups in total. The Morgan fingerprint density at radius 2 is 1.83 bits per heavy atom. The summed E-state index contributed by atoms with van der Waals surface area (Å²) in [6.45, 7) is 6.80. The molecule has 2 aromatic rings. The van der Waals surface area contributed by atoms with E-state index in [1.165, 1.54) is 11.1 Å². The van der Waals surface area contributed by atoms with Gasteiger partial charge in [0.1, 0.15) is 17.7 Å². The number of benzene rings is 2. The van der Waals surface area contributed by atoms with Crippen LogP contribution in [0, 0.1) is 17.2 Å². The summed E-state index contributed by atoms with van der Waals surface area (Å²) < 4.78 is 11.1.